The van der Waals surface area contributed by atoms with Gasteiger partial charge >= 0.3 is 0 Å². The fourth-order valence-corrected chi connectivity index (χ4v) is 2.18. The molecule has 1 aromatic heterocycles. The van der Waals surface area contributed by atoms with Gasteiger partial charge in [-0.25, -0.2) is 0 Å². The molecule has 1 aliphatic heterocycles. The van der Waals surface area contributed by atoms with Crippen LogP contribution in [0.4, 0.5) is 0 Å². The first-order valence-corrected chi connectivity index (χ1v) is 5.58. The van der Waals surface area contributed by atoms with E-state index >= 15 is 0 Å². The zero-order valence-electron chi connectivity index (χ0n) is 9.77. The van der Waals surface area contributed by atoms with Crippen LogP contribution in [0.15, 0.2) is 12.4 Å². The molecule has 0 radical (unpaired) electrons. The molecule has 84 valence electrons. The van der Waals surface area contributed by atoms with Crippen LogP contribution in [0.1, 0.15) is 24.9 Å². The molecule has 1 aromatic rings. The van der Waals surface area contributed by atoms with Crippen LogP contribution in [0, 0.1) is 0 Å². The number of aryl methyl sites for hydroxylation is 1. The Kier molecular flexibility index (Phi) is 3.07. The van der Waals surface area contributed by atoms with E-state index < -0.39 is 0 Å². The largest absolute Gasteiger partial charge is 0.306 e. The van der Waals surface area contributed by atoms with Crippen molar-refractivity contribution in [3.05, 3.63) is 18.0 Å². The first-order chi connectivity index (χ1) is 7.15. The smallest absolute Gasteiger partial charge is 0.0537 e. The molecule has 0 saturated carbocycles. The number of likely N-dealkylation sites (tertiary alicyclic amines) is 1. The fourth-order valence-electron chi connectivity index (χ4n) is 2.18. The van der Waals surface area contributed by atoms with Gasteiger partial charge in [0.15, 0.2) is 0 Å². The number of aromatic nitrogens is 2. The van der Waals surface area contributed by atoms with Crippen molar-refractivity contribution in [3.63, 3.8) is 0 Å². The Morgan fingerprint density at radius 2 is 2.33 bits per heavy atom. The lowest BCUT2D eigenvalue weighted by atomic mass is 10.1. The molecule has 0 aliphatic carbocycles. The first-order valence-electron chi connectivity index (χ1n) is 5.58. The SMILES string of the molecule is C[C@@H](N[C@H]1CCN(C)C1)c1cnn(C)c1. The van der Waals surface area contributed by atoms with E-state index in [1.54, 1.807) is 0 Å². The lowest BCUT2D eigenvalue weighted by Gasteiger charge is -2.18. The molecule has 15 heavy (non-hydrogen) atoms. The molecule has 0 spiro atoms. The molecule has 1 saturated heterocycles. The van der Waals surface area contributed by atoms with Crippen LogP contribution in [-0.4, -0.2) is 40.9 Å². The lowest BCUT2D eigenvalue weighted by Crippen LogP contribution is -2.33. The summed E-state index contributed by atoms with van der Waals surface area (Å²) in [5.74, 6) is 0. The minimum absolute atomic E-state index is 0.398. The van der Waals surface area contributed by atoms with Gasteiger partial charge in [0, 0.05) is 37.4 Å². The van der Waals surface area contributed by atoms with Gasteiger partial charge in [-0.2, -0.15) is 5.10 Å². The number of nitrogens with one attached hydrogen (secondary N) is 1. The van der Waals surface area contributed by atoms with Crippen LogP contribution in [0.2, 0.25) is 0 Å². The Bertz CT molecular complexity index is 320. The first kappa shape index (κ1) is 10.6. The van der Waals surface area contributed by atoms with E-state index in [4.69, 9.17) is 0 Å². The fraction of sp³-hybridized carbons (Fsp3) is 0.727. The van der Waals surface area contributed by atoms with Crippen LogP contribution in [0.25, 0.3) is 0 Å². The summed E-state index contributed by atoms with van der Waals surface area (Å²) in [6.07, 6.45) is 5.27. The highest BCUT2D eigenvalue weighted by Crippen LogP contribution is 2.15. The van der Waals surface area contributed by atoms with Gasteiger partial charge in [-0.15, -0.1) is 0 Å². The number of nitrogens with zero attached hydrogens (tertiary/aromatic N) is 3. The molecule has 4 heteroatoms. The summed E-state index contributed by atoms with van der Waals surface area (Å²) in [5, 5.41) is 7.84. The minimum Gasteiger partial charge on any atom is -0.306 e. The number of hydrogen-bond donors (Lipinski definition) is 1. The lowest BCUT2D eigenvalue weighted by molar-refractivity contribution is 0.387. The highest BCUT2D eigenvalue weighted by atomic mass is 15.2. The summed E-state index contributed by atoms with van der Waals surface area (Å²) >= 11 is 0. The summed E-state index contributed by atoms with van der Waals surface area (Å²) in [6, 6.07) is 1.03. The van der Waals surface area contributed by atoms with Crippen molar-refractivity contribution in [1.29, 1.82) is 0 Å². The second-order valence-corrected chi connectivity index (χ2v) is 4.58. The Labute approximate surface area is 91.3 Å². The van der Waals surface area contributed by atoms with Gasteiger partial charge in [-0.05, 0) is 26.9 Å². The standard InChI is InChI=1S/C11H20N4/c1-9(10-6-12-15(3)7-10)13-11-4-5-14(2)8-11/h6-7,9,11,13H,4-5,8H2,1-3H3/t9-,11+/m1/s1. The number of likely N-dealkylation sites (N-methyl/N-ethyl adjacent to an activating group) is 1. The minimum atomic E-state index is 0.398. The highest BCUT2D eigenvalue weighted by molar-refractivity contribution is 5.09. The zero-order chi connectivity index (χ0) is 10.8. The van der Waals surface area contributed by atoms with Crippen molar-refractivity contribution < 1.29 is 0 Å². The number of hydrogen-bond acceptors (Lipinski definition) is 3. The van der Waals surface area contributed by atoms with Crippen molar-refractivity contribution >= 4 is 0 Å². The van der Waals surface area contributed by atoms with E-state index in [1.165, 1.54) is 18.5 Å². The van der Waals surface area contributed by atoms with E-state index in [-0.39, 0.29) is 0 Å². The Morgan fingerprint density at radius 3 is 2.87 bits per heavy atom. The second kappa shape index (κ2) is 4.33. The normalized spacial score (nSPS) is 24.6. The number of rotatable bonds is 3. The summed E-state index contributed by atoms with van der Waals surface area (Å²) in [6.45, 7) is 4.57. The molecule has 1 fully saturated rings. The van der Waals surface area contributed by atoms with Gasteiger partial charge in [0.25, 0.3) is 0 Å². The van der Waals surface area contributed by atoms with Gasteiger partial charge in [0.2, 0.25) is 0 Å². The van der Waals surface area contributed by atoms with E-state index in [9.17, 15) is 0 Å². The molecule has 0 aromatic carbocycles. The molecular formula is C11H20N4. The maximum Gasteiger partial charge on any atom is 0.0537 e. The van der Waals surface area contributed by atoms with Gasteiger partial charge < -0.3 is 10.2 Å². The van der Waals surface area contributed by atoms with E-state index in [1.807, 2.05) is 17.9 Å². The average Bonchev–Trinajstić information content (AvgIpc) is 2.75. The van der Waals surface area contributed by atoms with Crippen LogP contribution in [0.3, 0.4) is 0 Å². The van der Waals surface area contributed by atoms with Gasteiger partial charge in [0.1, 0.15) is 0 Å². The summed E-state index contributed by atoms with van der Waals surface area (Å²) < 4.78 is 1.86. The Hall–Kier alpha value is -0.870. The zero-order valence-corrected chi connectivity index (χ0v) is 9.77. The molecule has 2 atom stereocenters. The van der Waals surface area contributed by atoms with Gasteiger partial charge in [0.05, 0.1) is 6.20 Å². The van der Waals surface area contributed by atoms with Crippen LogP contribution in [0.5, 0.6) is 0 Å². The van der Waals surface area contributed by atoms with Crippen LogP contribution < -0.4 is 5.32 Å². The maximum absolute atomic E-state index is 4.19. The Morgan fingerprint density at radius 1 is 1.53 bits per heavy atom. The monoisotopic (exact) mass is 208 g/mol. The predicted molar refractivity (Wildman–Crippen MR) is 60.7 cm³/mol. The molecule has 1 N–H and O–H groups in total. The van der Waals surface area contributed by atoms with Crippen molar-refractivity contribution in [2.75, 3.05) is 20.1 Å². The predicted octanol–water partition coefficient (Wildman–Crippen LogP) is 0.775. The van der Waals surface area contributed by atoms with Gasteiger partial charge in [-0.3, -0.25) is 4.68 Å². The second-order valence-electron chi connectivity index (χ2n) is 4.58. The molecule has 1 aliphatic rings. The van der Waals surface area contributed by atoms with Gasteiger partial charge in [-0.1, -0.05) is 0 Å². The molecule has 2 heterocycles. The third-order valence-electron chi connectivity index (χ3n) is 3.10. The molecular weight excluding hydrogens is 188 g/mol. The van der Waals surface area contributed by atoms with Crippen molar-refractivity contribution in [1.82, 2.24) is 20.0 Å². The van der Waals surface area contributed by atoms with Crippen molar-refractivity contribution in [3.8, 4) is 0 Å². The molecule has 0 bridgehead atoms. The quantitative estimate of drug-likeness (QED) is 0.796. The maximum atomic E-state index is 4.19. The Balaban J connectivity index is 1.89. The van der Waals surface area contributed by atoms with Crippen LogP contribution >= 0.6 is 0 Å². The van der Waals surface area contributed by atoms with Crippen molar-refractivity contribution in [2.24, 2.45) is 7.05 Å². The third kappa shape index (κ3) is 2.58. The summed E-state index contributed by atoms with van der Waals surface area (Å²) in [7, 11) is 4.13. The van der Waals surface area contributed by atoms with E-state index in [0.717, 1.165) is 6.54 Å². The molecule has 0 unspecified atom stereocenters. The van der Waals surface area contributed by atoms with E-state index in [0.29, 0.717) is 12.1 Å². The molecule has 0 amide bonds. The summed E-state index contributed by atoms with van der Waals surface area (Å²) in [4.78, 5) is 2.37. The third-order valence-corrected chi connectivity index (χ3v) is 3.10. The molecule has 4 nitrogen and oxygen atoms in total. The topological polar surface area (TPSA) is 33.1 Å². The summed E-state index contributed by atoms with van der Waals surface area (Å²) in [5.41, 5.74) is 1.27. The highest BCUT2D eigenvalue weighted by Gasteiger charge is 2.21. The molecule has 2 rings (SSSR count). The van der Waals surface area contributed by atoms with Crippen molar-refractivity contribution in [2.45, 2.75) is 25.4 Å². The van der Waals surface area contributed by atoms with E-state index in [2.05, 4.69) is 35.5 Å². The van der Waals surface area contributed by atoms with Crippen LogP contribution in [-0.2, 0) is 7.05 Å². The average molecular weight is 208 g/mol.